The SMILES string of the molecule is NOCCc1cc(Br)cc(OCC2CCC2)c1. The molecular weight excluding hydrogens is 282 g/mol. The Labute approximate surface area is 110 Å². The van der Waals surface area contributed by atoms with Crippen LogP contribution in [0.15, 0.2) is 22.7 Å². The maximum Gasteiger partial charge on any atom is 0.120 e. The highest BCUT2D eigenvalue weighted by Gasteiger charge is 2.17. The Hall–Kier alpha value is -0.580. The molecule has 0 aromatic heterocycles. The molecule has 2 N–H and O–H groups in total. The number of rotatable bonds is 6. The summed E-state index contributed by atoms with van der Waals surface area (Å²) in [7, 11) is 0. The van der Waals surface area contributed by atoms with Crippen molar-refractivity contribution in [3.05, 3.63) is 28.2 Å². The smallest absolute Gasteiger partial charge is 0.120 e. The van der Waals surface area contributed by atoms with Crippen molar-refractivity contribution in [3.63, 3.8) is 0 Å². The lowest BCUT2D eigenvalue weighted by molar-refractivity contribution is 0.141. The first-order chi connectivity index (χ1) is 8.28. The van der Waals surface area contributed by atoms with Gasteiger partial charge in [0.05, 0.1) is 13.2 Å². The van der Waals surface area contributed by atoms with Crippen molar-refractivity contribution in [1.82, 2.24) is 0 Å². The highest BCUT2D eigenvalue weighted by molar-refractivity contribution is 9.10. The van der Waals surface area contributed by atoms with E-state index in [1.807, 2.05) is 6.07 Å². The molecule has 0 saturated heterocycles. The second kappa shape index (κ2) is 6.38. The molecule has 2 rings (SSSR count). The zero-order valence-electron chi connectivity index (χ0n) is 9.82. The molecule has 1 aromatic carbocycles. The van der Waals surface area contributed by atoms with Gasteiger partial charge in [-0.2, -0.15) is 0 Å². The van der Waals surface area contributed by atoms with Crippen LogP contribution in [0.4, 0.5) is 0 Å². The van der Waals surface area contributed by atoms with E-state index in [1.54, 1.807) is 0 Å². The number of benzene rings is 1. The summed E-state index contributed by atoms with van der Waals surface area (Å²) in [5.74, 6) is 6.72. The van der Waals surface area contributed by atoms with Crippen LogP contribution in [0.3, 0.4) is 0 Å². The van der Waals surface area contributed by atoms with E-state index in [4.69, 9.17) is 10.6 Å². The minimum atomic E-state index is 0.526. The first kappa shape index (κ1) is 12.9. The van der Waals surface area contributed by atoms with Gasteiger partial charge in [0, 0.05) is 4.47 Å². The molecule has 0 amide bonds. The topological polar surface area (TPSA) is 44.5 Å². The largest absolute Gasteiger partial charge is 0.493 e. The number of halogens is 1. The highest BCUT2D eigenvalue weighted by Crippen LogP contribution is 2.28. The summed E-state index contributed by atoms with van der Waals surface area (Å²) in [6.45, 7) is 1.36. The van der Waals surface area contributed by atoms with Gasteiger partial charge in [0.15, 0.2) is 0 Å². The van der Waals surface area contributed by atoms with Crippen LogP contribution >= 0.6 is 15.9 Å². The highest BCUT2D eigenvalue weighted by atomic mass is 79.9. The average molecular weight is 300 g/mol. The standard InChI is InChI=1S/C13H18BrNO2/c14-12-6-11(4-5-17-15)7-13(8-12)16-9-10-2-1-3-10/h6-8,10H,1-5,9,15H2. The fraction of sp³-hybridized carbons (Fsp3) is 0.538. The van der Waals surface area contributed by atoms with Crippen LogP contribution < -0.4 is 10.6 Å². The van der Waals surface area contributed by atoms with E-state index in [2.05, 4.69) is 32.9 Å². The Morgan fingerprint density at radius 3 is 2.76 bits per heavy atom. The van der Waals surface area contributed by atoms with Crippen LogP contribution in [-0.2, 0) is 11.3 Å². The third-order valence-corrected chi connectivity index (χ3v) is 3.61. The third-order valence-electron chi connectivity index (χ3n) is 3.15. The van der Waals surface area contributed by atoms with Crippen LogP contribution in [0.1, 0.15) is 24.8 Å². The molecule has 0 atom stereocenters. The van der Waals surface area contributed by atoms with E-state index in [9.17, 15) is 0 Å². The minimum absolute atomic E-state index is 0.526. The van der Waals surface area contributed by atoms with Crippen LogP contribution in [-0.4, -0.2) is 13.2 Å². The molecule has 0 aliphatic heterocycles. The third kappa shape index (κ3) is 3.98. The van der Waals surface area contributed by atoms with Gasteiger partial charge in [0.25, 0.3) is 0 Å². The Bertz CT molecular complexity index is 366. The van der Waals surface area contributed by atoms with Gasteiger partial charge in [0.2, 0.25) is 0 Å². The zero-order valence-corrected chi connectivity index (χ0v) is 11.4. The van der Waals surface area contributed by atoms with Gasteiger partial charge in [-0.05, 0) is 48.9 Å². The molecule has 17 heavy (non-hydrogen) atoms. The van der Waals surface area contributed by atoms with Gasteiger partial charge in [-0.15, -0.1) is 0 Å². The monoisotopic (exact) mass is 299 g/mol. The summed E-state index contributed by atoms with van der Waals surface area (Å²) in [5.41, 5.74) is 1.17. The van der Waals surface area contributed by atoms with Crippen molar-refractivity contribution in [2.75, 3.05) is 13.2 Å². The molecule has 3 nitrogen and oxygen atoms in total. The molecule has 0 radical (unpaired) electrons. The normalized spacial score (nSPS) is 15.6. The van der Waals surface area contributed by atoms with E-state index < -0.39 is 0 Å². The molecule has 1 aliphatic carbocycles. The minimum Gasteiger partial charge on any atom is -0.493 e. The number of nitrogens with two attached hydrogens (primary N) is 1. The quantitative estimate of drug-likeness (QED) is 0.821. The lowest BCUT2D eigenvalue weighted by Crippen LogP contribution is -2.19. The van der Waals surface area contributed by atoms with E-state index in [1.165, 1.54) is 24.8 Å². The molecule has 4 heteroatoms. The van der Waals surface area contributed by atoms with Crippen molar-refractivity contribution < 1.29 is 9.57 Å². The van der Waals surface area contributed by atoms with Gasteiger partial charge >= 0.3 is 0 Å². The number of ether oxygens (including phenoxy) is 1. The van der Waals surface area contributed by atoms with Crippen LogP contribution in [0, 0.1) is 5.92 Å². The first-order valence-electron chi connectivity index (χ1n) is 6.02. The molecule has 0 heterocycles. The van der Waals surface area contributed by atoms with Crippen molar-refractivity contribution in [2.24, 2.45) is 11.8 Å². The van der Waals surface area contributed by atoms with E-state index in [0.29, 0.717) is 6.61 Å². The lowest BCUT2D eigenvalue weighted by Gasteiger charge is -2.25. The molecule has 1 saturated carbocycles. The van der Waals surface area contributed by atoms with Crippen LogP contribution in [0.5, 0.6) is 5.75 Å². The number of hydrogen-bond acceptors (Lipinski definition) is 3. The zero-order chi connectivity index (χ0) is 12.1. The Balaban J connectivity index is 1.92. The average Bonchev–Trinajstić information content (AvgIpc) is 2.23. The molecule has 0 bridgehead atoms. The maximum atomic E-state index is 5.81. The molecule has 0 unspecified atom stereocenters. The Morgan fingerprint density at radius 2 is 2.12 bits per heavy atom. The predicted molar refractivity (Wildman–Crippen MR) is 70.8 cm³/mol. The summed E-state index contributed by atoms with van der Waals surface area (Å²) in [5, 5.41) is 0. The van der Waals surface area contributed by atoms with Crippen LogP contribution in [0.25, 0.3) is 0 Å². The Kier molecular flexibility index (Phi) is 4.83. The van der Waals surface area contributed by atoms with Crippen molar-refractivity contribution in [1.29, 1.82) is 0 Å². The van der Waals surface area contributed by atoms with E-state index >= 15 is 0 Å². The van der Waals surface area contributed by atoms with Gasteiger partial charge < -0.3 is 9.57 Å². The summed E-state index contributed by atoms with van der Waals surface area (Å²) in [4.78, 5) is 4.59. The predicted octanol–water partition coefficient (Wildman–Crippen LogP) is 3.06. The Morgan fingerprint density at radius 1 is 1.29 bits per heavy atom. The van der Waals surface area contributed by atoms with Crippen molar-refractivity contribution in [3.8, 4) is 5.75 Å². The molecule has 94 valence electrons. The van der Waals surface area contributed by atoms with Crippen molar-refractivity contribution in [2.45, 2.75) is 25.7 Å². The summed E-state index contributed by atoms with van der Waals surface area (Å²) < 4.78 is 6.85. The maximum absolute atomic E-state index is 5.81. The number of hydrogen-bond donors (Lipinski definition) is 1. The molecule has 1 aliphatic rings. The summed E-state index contributed by atoms with van der Waals surface area (Å²) in [6.07, 6.45) is 4.77. The first-order valence-corrected chi connectivity index (χ1v) is 6.81. The van der Waals surface area contributed by atoms with Crippen LogP contribution in [0.2, 0.25) is 0 Å². The van der Waals surface area contributed by atoms with Gasteiger partial charge in [-0.3, -0.25) is 0 Å². The molecule has 1 aromatic rings. The van der Waals surface area contributed by atoms with Gasteiger partial charge in [-0.1, -0.05) is 22.4 Å². The molecule has 1 fully saturated rings. The fourth-order valence-corrected chi connectivity index (χ4v) is 2.42. The van der Waals surface area contributed by atoms with Gasteiger partial charge in [0.1, 0.15) is 5.75 Å². The van der Waals surface area contributed by atoms with E-state index in [-0.39, 0.29) is 0 Å². The summed E-state index contributed by atoms with van der Waals surface area (Å²) in [6, 6.07) is 6.13. The van der Waals surface area contributed by atoms with E-state index in [0.717, 1.165) is 29.2 Å². The lowest BCUT2D eigenvalue weighted by atomic mass is 9.86. The fourth-order valence-electron chi connectivity index (χ4n) is 1.90. The van der Waals surface area contributed by atoms with Crippen molar-refractivity contribution >= 4 is 15.9 Å². The molecule has 0 spiro atoms. The second-order valence-corrected chi connectivity index (χ2v) is 5.44. The second-order valence-electron chi connectivity index (χ2n) is 4.52. The summed E-state index contributed by atoms with van der Waals surface area (Å²) >= 11 is 3.49. The molecular formula is C13H18BrNO2. The van der Waals surface area contributed by atoms with Gasteiger partial charge in [-0.25, -0.2) is 5.90 Å².